The summed E-state index contributed by atoms with van der Waals surface area (Å²) in [6.07, 6.45) is 1.56. The molecule has 0 saturated carbocycles. The Morgan fingerprint density at radius 1 is 1.13 bits per heavy atom. The number of rotatable bonds is 3. The molecular formula is C18H13ClN2O2. The Labute approximate surface area is 137 Å². The van der Waals surface area contributed by atoms with Crippen LogP contribution in [0.2, 0.25) is 5.02 Å². The molecule has 0 aliphatic heterocycles. The second-order valence-electron chi connectivity index (χ2n) is 5.09. The fraction of sp³-hybridized carbons (Fsp3) is 0.0556. The van der Waals surface area contributed by atoms with Crippen LogP contribution in [-0.2, 0) is 0 Å². The lowest BCUT2D eigenvalue weighted by atomic mass is 10.1. The largest absolute Gasteiger partial charge is 0.294 e. The fourth-order valence-corrected chi connectivity index (χ4v) is 2.41. The van der Waals surface area contributed by atoms with E-state index in [0.717, 1.165) is 10.9 Å². The third kappa shape index (κ3) is 3.07. The number of ketones is 1. The molecule has 0 saturated heterocycles. The molecule has 0 amide bonds. The van der Waals surface area contributed by atoms with E-state index in [1.54, 1.807) is 42.6 Å². The zero-order valence-corrected chi connectivity index (χ0v) is 13.1. The molecule has 1 heterocycles. The van der Waals surface area contributed by atoms with Crippen molar-refractivity contribution in [3.05, 3.63) is 81.1 Å². The van der Waals surface area contributed by atoms with Gasteiger partial charge in [0.1, 0.15) is 0 Å². The molecule has 3 rings (SSSR count). The zero-order chi connectivity index (χ0) is 16.4. The Balaban J connectivity index is 2.19. The van der Waals surface area contributed by atoms with Crippen molar-refractivity contribution in [2.45, 2.75) is 6.92 Å². The van der Waals surface area contributed by atoms with Gasteiger partial charge < -0.3 is 0 Å². The van der Waals surface area contributed by atoms with Crippen LogP contribution in [0.3, 0.4) is 0 Å². The molecule has 3 aromatic rings. The van der Waals surface area contributed by atoms with Gasteiger partial charge in [-0.15, -0.1) is 0 Å². The van der Waals surface area contributed by atoms with E-state index < -0.39 is 5.56 Å². The summed E-state index contributed by atoms with van der Waals surface area (Å²) < 4.78 is 1.25. The van der Waals surface area contributed by atoms with Gasteiger partial charge >= 0.3 is 0 Å². The van der Waals surface area contributed by atoms with Crippen LogP contribution >= 0.6 is 11.6 Å². The van der Waals surface area contributed by atoms with Crippen molar-refractivity contribution in [3.63, 3.8) is 0 Å². The van der Waals surface area contributed by atoms with Crippen molar-refractivity contribution < 1.29 is 4.79 Å². The van der Waals surface area contributed by atoms with Crippen molar-refractivity contribution in [2.24, 2.45) is 5.10 Å². The molecule has 0 bridgehead atoms. The molecule has 23 heavy (non-hydrogen) atoms. The minimum atomic E-state index is -0.429. The van der Waals surface area contributed by atoms with Gasteiger partial charge in [0.2, 0.25) is 0 Å². The molecule has 114 valence electrons. The van der Waals surface area contributed by atoms with Crippen LogP contribution in [0.25, 0.3) is 10.9 Å². The second kappa shape index (κ2) is 6.18. The summed E-state index contributed by atoms with van der Waals surface area (Å²) in [5.74, 6) is -0.281. The first kappa shape index (κ1) is 15.2. The molecule has 5 heteroatoms. The van der Waals surface area contributed by atoms with E-state index in [1.165, 1.54) is 11.6 Å². The Bertz CT molecular complexity index is 972. The summed E-state index contributed by atoms with van der Waals surface area (Å²) in [4.78, 5) is 24.2. The molecule has 0 aliphatic carbocycles. The average Bonchev–Trinajstić information content (AvgIpc) is 2.55. The Morgan fingerprint density at radius 3 is 2.52 bits per heavy atom. The summed E-state index contributed by atoms with van der Waals surface area (Å²) in [7, 11) is 0. The van der Waals surface area contributed by atoms with Crippen LogP contribution in [0.5, 0.6) is 0 Å². The maximum absolute atomic E-state index is 12.5. The topological polar surface area (TPSA) is 51.4 Å². The Hall–Kier alpha value is -2.72. The fourth-order valence-electron chi connectivity index (χ4n) is 2.28. The molecule has 1 aromatic heterocycles. The van der Waals surface area contributed by atoms with Crippen LogP contribution in [0.4, 0.5) is 0 Å². The molecule has 2 aromatic carbocycles. The van der Waals surface area contributed by atoms with E-state index >= 15 is 0 Å². The summed E-state index contributed by atoms with van der Waals surface area (Å²) in [6, 6.07) is 16.0. The van der Waals surface area contributed by atoms with E-state index in [9.17, 15) is 9.59 Å². The number of pyridine rings is 1. The number of para-hydroxylation sites is 1. The lowest BCUT2D eigenvalue weighted by Crippen LogP contribution is -2.23. The monoisotopic (exact) mass is 324 g/mol. The first-order valence-corrected chi connectivity index (χ1v) is 7.40. The molecule has 4 nitrogen and oxygen atoms in total. The van der Waals surface area contributed by atoms with E-state index in [-0.39, 0.29) is 11.3 Å². The smallest absolute Gasteiger partial charge is 0.282 e. The van der Waals surface area contributed by atoms with Gasteiger partial charge in [-0.2, -0.15) is 9.78 Å². The number of carbonyl (C=O) groups is 1. The van der Waals surface area contributed by atoms with Gasteiger partial charge in [-0.3, -0.25) is 9.59 Å². The number of halogens is 1. The predicted molar refractivity (Wildman–Crippen MR) is 92.7 cm³/mol. The normalized spacial score (nSPS) is 11.2. The Morgan fingerprint density at radius 2 is 1.83 bits per heavy atom. The molecular weight excluding hydrogens is 312 g/mol. The van der Waals surface area contributed by atoms with Crippen LogP contribution < -0.4 is 5.56 Å². The van der Waals surface area contributed by atoms with Crippen LogP contribution in [0, 0.1) is 0 Å². The summed E-state index contributed by atoms with van der Waals surface area (Å²) >= 11 is 5.85. The molecule has 0 fully saturated rings. The number of hydrogen-bond donors (Lipinski definition) is 0. The molecule has 0 aliphatic rings. The number of carbonyl (C=O) groups excluding carboxylic acids is 1. The van der Waals surface area contributed by atoms with Crippen LogP contribution in [0.1, 0.15) is 22.8 Å². The average molecular weight is 325 g/mol. The van der Waals surface area contributed by atoms with E-state index in [0.29, 0.717) is 10.5 Å². The first-order valence-electron chi connectivity index (χ1n) is 7.02. The highest BCUT2D eigenvalue weighted by Gasteiger charge is 2.11. The van der Waals surface area contributed by atoms with Gasteiger partial charge in [0.25, 0.3) is 5.56 Å². The highest BCUT2D eigenvalue weighted by atomic mass is 35.5. The van der Waals surface area contributed by atoms with Gasteiger partial charge in [-0.1, -0.05) is 41.9 Å². The minimum Gasteiger partial charge on any atom is -0.294 e. The lowest BCUT2D eigenvalue weighted by Gasteiger charge is -2.07. The van der Waals surface area contributed by atoms with Gasteiger partial charge in [0.15, 0.2) is 5.78 Å². The van der Waals surface area contributed by atoms with Crippen LogP contribution in [0.15, 0.2) is 64.5 Å². The summed E-state index contributed by atoms with van der Waals surface area (Å²) in [5.41, 5.74) is 1.14. The van der Waals surface area contributed by atoms with Crippen molar-refractivity contribution in [1.82, 2.24) is 4.68 Å². The highest BCUT2D eigenvalue weighted by Crippen LogP contribution is 2.14. The number of hydrogen-bond acceptors (Lipinski definition) is 3. The van der Waals surface area contributed by atoms with Crippen LogP contribution in [-0.4, -0.2) is 16.7 Å². The standard InChI is InChI=1S/C18H13ClN2O2/c1-12(22)16-10-14-4-2-3-5-17(14)21(18(16)23)20-11-13-6-8-15(19)9-7-13/h2-11H,1H3. The maximum atomic E-state index is 12.5. The predicted octanol–water partition coefficient (Wildman–Crippen LogP) is 3.74. The van der Waals surface area contributed by atoms with E-state index in [2.05, 4.69) is 5.10 Å². The maximum Gasteiger partial charge on any atom is 0.282 e. The lowest BCUT2D eigenvalue weighted by molar-refractivity contribution is 0.101. The number of aromatic nitrogens is 1. The zero-order valence-electron chi connectivity index (χ0n) is 12.4. The van der Waals surface area contributed by atoms with Crippen molar-refractivity contribution in [1.29, 1.82) is 0 Å². The third-order valence-electron chi connectivity index (χ3n) is 3.46. The number of Topliss-reactive ketones (excluding diaryl/α,β-unsaturated/α-hetero) is 1. The molecule has 0 N–H and O–H groups in total. The highest BCUT2D eigenvalue weighted by molar-refractivity contribution is 6.30. The van der Waals surface area contributed by atoms with E-state index in [1.807, 2.05) is 18.2 Å². The summed E-state index contributed by atoms with van der Waals surface area (Å²) in [6.45, 7) is 1.37. The van der Waals surface area contributed by atoms with E-state index in [4.69, 9.17) is 11.6 Å². The quantitative estimate of drug-likeness (QED) is 0.544. The number of benzene rings is 2. The second-order valence-corrected chi connectivity index (χ2v) is 5.52. The summed E-state index contributed by atoms with van der Waals surface area (Å²) in [5, 5.41) is 5.67. The number of nitrogens with zero attached hydrogens (tertiary/aromatic N) is 2. The van der Waals surface area contributed by atoms with Gasteiger partial charge in [-0.05, 0) is 36.8 Å². The molecule has 0 spiro atoms. The van der Waals surface area contributed by atoms with Gasteiger partial charge in [0, 0.05) is 10.4 Å². The Kier molecular flexibility index (Phi) is 4.08. The van der Waals surface area contributed by atoms with Gasteiger partial charge in [-0.25, -0.2) is 0 Å². The van der Waals surface area contributed by atoms with Crippen molar-refractivity contribution in [2.75, 3.05) is 0 Å². The van der Waals surface area contributed by atoms with Crippen molar-refractivity contribution >= 4 is 34.5 Å². The number of fused-ring (bicyclic) bond motifs is 1. The molecule has 0 unspecified atom stereocenters. The van der Waals surface area contributed by atoms with Gasteiger partial charge in [0.05, 0.1) is 17.3 Å². The third-order valence-corrected chi connectivity index (χ3v) is 3.71. The van der Waals surface area contributed by atoms with Crippen molar-refractivity contribution in [3.8, 4) is 0 Å². The minimum absolute atomic E-state index is 0.122. The SMILES string of the molecule is CC(=O)c1cc2ccccc2n(N=Cc2ccc(Cl)cc2)c1=O. The first-order chi connectivity index (χ1) is 11.1. The molecule has 0 radical (unpaired) electrons. The molecule has 0 atom stereocenters.